The Morgan fingerprint density at radius 1 is 1.23 bits per heavy atom. The minimum atomic E-state index is -0.512. The number of thioether (sulfide) groups is 1. The molecule has 0 unspecified atom stereocenters. The van der Waals surface area contributed by atoms with Gasteiger partial charge in [0.05, 0.1) is 11.3 Å². The van der Waals surface area contributed by atoms with Crippen LogP contribution >= 0.6 is 11.8 Å². The lowest BCUT2D eigenvalue weighted by molar-refractivity contribution is 0.252. The fourth-order valence-corrected chi connectivity index (χ4v) is 2.52. The van der Waals surface area contributed by atoms with Crippen molar-refractivity contribution in [3.63, 3.8) is 0 Å². The molecule has 0 aliphatic heterocycles. The molecule has 0 saturated carbocycles. The number of nitriles is 1. The third-order valence-electron chi connectivity index (χ3n) is 2.75. The second-order valence-corrected chi connectivity index (χ2v) is 5.51. The van der Waals surface area contributed by atoms with Crippen LogP contribution in [0.3, 0.4) is 0 Å². The Bertz CT molecular complexity index is 686. The van der Waals surface area contributed by atoms with E-state index >= 15 is 0 Å². The molecule has 2 amide bonds. The third-order valence-corrected chi connectivity index (χ3v) is 3.76. The SMILES string of the molecule is N#Cc1cc(F)ccc1NC(=O)NCCSc1ccccc1. The van der Waals surface area contributed by atoms with Crippen molar-refractivity contribution in [1.82, 2.24) is 5.32 Å². The van der Waals surface area contributed by atoms with E-state index in [4.69, 9.17) is 5.26 Å². The Kier molecular flexibility index (Phi) is 5.81. The number of benzene rings is 2. The van der Waals surface area contributed by atoms with Gasteiger partial charge in [-0.2, -0.15) is 5.26 Å². The van der Waals surface area contributed by atoms with E-state index in [1.54, 1.807) is 11.8 Å². The van der Waals surface area contributed by atoms with Crippen molar-refractivity contribution in [3.05, 3.63) is 59.9 Å². The molecule has 2 aromatic rings. The van der Waals surface area contributed by atoms with E-state index in [0.717, 1.165) is 16.7 Å². The van der Waals surface area contributed by atoms with Crippen LogP contribution in [-0.2, 0) is 0 Å². The zero-order valence-corrected chi connectivity index (χ0v) is 12.5. The molecule has 0 atom stereocenters. The maximum atomic E-state index is 13.0. The summed E-state index contributed by atoms with van der Waals surface area (Å²) < 4.78 is 13.0. The topological polar surface area (TPSA) is 64.9 Å². The van der Waals surface area contributed by atoms with E-state index < -0.39 is 11.8 Å². The van der Waals surface area contributed by atoms with E-state index in [1.165, 1.54) is 12.1 Å². The molecule has 2 N–H and O–H groups in total. The predicted molar refractivity (Wildman–Crippen MR) is 85.3 cm³/mol. The normalized spacial score (nSPS) is 9.82. The maximum absolute atomic E-state index is 13.0. The summed E-state index contributed by atoms with van der Waals surface area (Å²) in [6, 6.07) is 14.9. The zero-order valence-electron chi connectivity index (χ0n) is 11.7. The van der Waals surface area contributed by atoms with Crippen molar-refractivity contribution in [3.8, 4) is 6.07 Å². The molecule has 0 aliphatic carbocycles. The number of hydrogen-bond donors (Lipinski definition) is 2. The van der Waals surface area contributed by atoms with Crippen molar-refractivity contribution in [2.45, 2.75) is 4.90 Å². The maximum Gasteiger partial charge on any atom is 0.319 e. The third kappa shape index (κ3) is 4.79. The predicted octanol–water partition coefficient (Wildman–Crippen LogP) is 3.61. The number of halogens is 1. The van der Waals surface area contributed by atoms with Gasteiger partial charge in [0.1, 0.15) is 11.9 Å². The molecule has 112 valence electrons. The smallest absolute Gasteiger partial charge is 0.319 e. The van der Waals surface area contributed by atoms with E-state index in [9.17, 15) is 9.18 Å². The Morgan fingerprint density at radius 3 is 2.73 bits per heavy atom. The van der Waals surface area contributed by atoms with Crippen LogP contribution in [0.4, 0.5) is 14.9 Å². The summed E-state index contributed by atoms with van der Waals surface area (Å²) in [6.07, 6.45) is 0. The number of nitrogens with one attached hydrogen (secondary N) is 2. The van der Waals surface area contributed by atoms with Gasteiger partial charge >= 0.3 is 6.03 Å². The van der Waals surface area contributed by atoms with Crippen molar-refractivity contribution in [2.24, 2.45) is 0 Å². The molecule has 2 rings (SSSR count). The van der Waals surface area contributed by atoms with Crippen LogP contribution in [0.2, 0.25) is 0 Å². The van der Waals surface area contributed by atoms with Crippen LogP contribution in [-0.4, -0.2) is 18.3 Å². The summed E-state index contributed by atoms with van der Waals surface area (Å²) in [4.78, 5) is 12.9. The average molecular weight is 315 g/mol. The quantitative estimate of drug-likeness (QED) is 0.654. The number of hydrogen-bond acceptors (Lipinski definition) is 3. The molecule has 6 heteroatoms. The van der Waals surface area contributed by atoms with Crippen molar-refractivity contribution in [2.75, 3.05) is 17.6 Å². The monoisotopic (exact) mass is 315 g/mol. The fraction of sp³-hybridized carbons (Fsp3) is 0.125. The van der Waals surface area contributed by atoms with Crippen molar-refractivity contribution >= 4 is 23.5 Å². The van der Waals surface area contributed by atoms with Gasteiger partial charge < -0.3 is 10.6 Å². The molecule has 0 aromatic heterocycles. The number of nitrogens with zero attached hydrogens (tertiary/aromatic N) is 1. The van der Waals surface area contributed by atoms with Crippen molar-refractivity contribution < 1.29 is 9.18 Å². The molecular formula is C16H14FN3OS. The molecule has 0 aliphatic rings. The van der Waals surface area contributed by atoms with Crippen LogP contribution in [0.25, 0.3) is 0 Å². The first-order chi connectivity index (χ1) is 10.7. The highest BCUT2D eigenvalue weighted by atomic mass is 32.2. The fourth-order valence-electron chi connectivity index (χ4n) is 1.73. The Labute approximate surface area is 132 Å². The highest BCUT2D eigenvalue weighted by Gasteiger charge is 2.07. The van der Waals surface area contributed by atoms with Crippen LogP contribution in [0.15, 0.2) is 53.4 Å². The van der Waals surface area contributed by atoms with Gasteiger partial charge in [-0.3, -0.25) is 0 Å². The van der Waals surface area contributed by atoms with E-state index in [2.05, 4.69) is 10.6 Å². The molecule has 22 heavy (non-hydrogen) atoms. The highest BCUT2D eigenvalue weighted by molar-refractivity contribution is 7.99. The van der Waals surface area contributed by atoms with Gasteiger partial charge in [0.25, 0.3) is 0 Å². The lowest BCUT2D eigenvalue weighted by atomic mass is 10.2. The van der Waals surface area contributed by atoms with Crippen LogP contribution in [0, 0.1) is 17.1 Å². The molecule has 0 saturated heterocycles. The van der Waals surface area contributed by atoms with Crippen LogP contribution in [0.5, 0.6) is 0 Å². The van der Waals surface area contributed by atoms with Gasteiger partial charge in [0.2, 0.25) is 0 Å². The first-order valence-electron chi connectivity index (χ1n) is 6.61. The lowest BCUT2D eigenvalue weighted by Gasteiger charge is -2.09. The van der Waals surface area contributed by atoms with Crippen LogP contribution in [0.1, 0.15) is 5.56 Å². The first-order valence-corrected chi connectivity index (χ1v) is 7.60. The number of urea groups is 1. The average Bonchev–Trinajstić information content (AvgIpc) is 2.54. The number of amides is 2. The molecule has 0 heterocycles. The number of rotatable bonds is 5. The minimum Gasteiger partial charge on any atom is -0.337 e. The largest absolute Gasteiger partial charge is 0.337 e. The van der Waals surface area contributed by atoms with Crippen LogP contribution < -0.4 is 10.6 Å². The molecular weight excluding hydrogens is 301 g/mol. The summed E-state index contributed by atoms with van der Waals surface area (Å²) >= 11 is 1.63. The zero-order chi connectivity index (χ0) is 15.8. The van der Waals surface area contributed by atoms with Gasteiger partial charge in [-0.15, -0.1) is 11.8 Å². The summed E-state index contributed by atoms with van der Waals surface area (Å²) in [7, 11) is 0. The van der Waals surface area contributed by atoms with E-state index in [0.29, 0.717) is 6.54 Å². The number of carbonyl (C=O) groups is 1. The molecule has 0 spiro atoms. The Hall–Kier alpha value is -2.52. The van der Waals surface area contributed by atoms with E-state index in [1.807, 2.05) is 36.4 Å². The Balaban J connectivity index is 1.78. The van der Waals surface area contributed by atoms with E-state index in [-0.39, 0.29) is 11.3 Å². The summed E-state index contributed by atoms with van der Waals surface area (Å²) in [5, 5.41) is 14.1. The van der Waals surface area contributed by atoms with Gasteiger partial charge in [-0.25, -0.2) is 9.18 Å². The minimum absolute atomic E-state index is 0.0915. The summed E-state index contributed by atoms with van der Waals surface area (Å²) in [6.45, 7) is 0.481. The second kappa shape index (κ2) is 8.05. The summed E-state index contributed by atoms with van der Waals surface area (Å²) in [5.74, 6) is 0.216. The second-order valence-electron chi connectivity index (χ2n) is 4.34. The number of carbonyl (C=O) groups excluding carboxylic acids is 1. The molecule has 0 radical (unpaired) electrons. The molecule has 4 nitrogen and oxygen atoms in total. The van der Waals surface area contributed by atoms with Gasteiger partial charge in [-0.05, 0) is 30.3 Å². The Morgan fingerprint density at radius 2 is 2.00 bits per heavy atom. The first kappa shape index (κ1) is 15.9. The van der Waals surface area contributed by atoms with Gasteiger partial charge in [0.15, 0.2) is 0 Å². The molecule has 0 bridgehead atoms. The van der Waals surface area contributed by atoms with Gasteiger partial charge in [0, 0.05) is 17.2 Å². The molecule has 2 aromatic carbocycles. The highest BCUT2D eigenvalue weighted by Crippen LogP contribution is 2.17. The van der Waals surface area contributed by atoms with Crippen molar-refractivity contribution in [1.29, 1.82) is 5.26 Å². The van der Waals surface area contributed by atoms with Gasteiger partial charge in [-0.1, -0.05) is 18.2 Å². The standard InChI is InChI=1S/C16H14FN3OS/c17-13-6-7-15(12(10-13)11-18)20-16(21)19-8-9-22-14-4-2-1-3-5-14/h1-7,10H,8-9H2,(H2,19,20,21). The summed E-state index contributed by atoms with van der Waals surface area (Å²) in [5.41, 5.74) is 0.380. The number of anilines is 1. The lowest BCUT2D eigenvalue weighted by Crippen LogP contribution is -2.30. The molecule has 0 fully saturated rings.